The molecule has 0 amide bonds. The molecule has 0 aliphatic rings. The maximum Gasteiger partial charge on any atom is 0.194 e. The van der Waals surface area contributed by atoms with Crippen molar-refractivity contribution >= 4 is 56.4 Å². The molecule has 0 aliphatic carbocycles. The standard InChI is InChI=1S/C11H13BrCl3NO3/c1-18-6-16(17)7-3-9(12)8(5-11(13,14)15)10(4-7)19-2/h3-4,16H,5-6H2,1-2H3. The monoisotopic (exact) mass is 391 g/mol. The third kappa shape index (κ3) is 5.27. The smallest absolute Gasteiger partial charge is 0.194 e. The fraction of sp³-hybridized carbons (Fsp3) is 0.455. The van der Waals surface area contributed by atoms with Gasteiger partial charge in [0.15, 0.2) is 10.5 Å². The lowest BCUT2D eigenvalue weighted by molar-refractivity contribution is -0.801. The summed E-state index contributed by atoms with van der Waals surface area (Å²) < 4.78 is 9.27. The Balaban J connectivity index is 3.14. The van der Waals surface area contributed by atoms with Crippen molar-refractivity contribution in [3.8, 4) is 5.75 Å². The van der Waals surface area contributed by atoms with Crippen molar-refractivity contribution in [1.29, 1.82) is 0 Å². The van der Waals surface area contributed by atoms with E-state index in [1.54, 1.807) is 12.1 Å². The van der Waals surface area contributed by atoms with Crippen LogP contribution in [0.15, 0.2) is 16.6 Å². The molecule has 1 unspecified atom stereocenters. The van der Waals surface area contributed by atoms with Crippen LogP contribution in [0.5, 0.6) is 5.75 Å². The highest BCUT2D eigenvalue weighted by Crippen LogP contribution is 2.38. The van der Waals surface area contributed by atoms with Gasteiger partial charge in [0.25, 0.3) is 0 Å². The number of alkyl halides is 3. The van der Waals surface area contributed by atoms with Crippen LogP contribution in [-0.4, -0.2) is 24.7 Å². The third-order valence-electron chi connectivity index (χ3n) is 2.35. The molecular weight excluding hydrogens is 380 g/mol. The normalized spacial score (nSPS) is 13.4. The Morgan fingerprint density at radius 2 is 1.95 bits per heavy atom. The number of methoxy groups -OCH3 is 2. The Morgan fingerprint density at radius 3 is 2.42 bits per heavy atom. The van der Waals surface area contributed by atoms with Crippen molar-refractivity contribution in [3.63, 3.8) is 0 Å². The quantitative estimate of drug-likeness (QED) is 0.475. The molecule has 0 saturated carbocycles. The van der Waals surface area contributed by atoms with E-state index in [0.29, 0.717) is 21.5 Å². The van der Waals surface area contributed by atoms with Crippen molar-refractivity contribution < 1.29 is 14.5 Å². The number of nitrogens with one attached hydrogen (secondary N) is 1. The molecule has 1 aromatic carbocycles. The number of hydrogen-bond donors (Lipinski definition) is 1. The summed E-state index contributed by atoms with van der Waals surface area (Å²) in [6, 6.07) is 3.27. The molecule has 0 radical (unpaired) electrons. The van der Waals surface area contributed by atoms with E-state index in [9.17, 15) is 5.21 Å². The van der Waals surface area contributed by atoms with Crippen molar-refractivity contribution in [1.82, 2.24) is 0 Å². The SMILES string of the molecule is COC[NH+]([O-])c1cc(Br)c(CC(Cl)(Cl)Cl)c(OC)c1. The molecule has 1 N–H and O–H groups in total. The van der Waals surface area contributed by atoms with E-state index in [1.807, 2.05) is 0 Å². The van der Waals surface area contributed by atoms with Gasteiger partial charge in [0.1, 0.15) is 11.4 Å². The minimum atomic E-state index is -1.44. The van der Waals surface area contributed by atoms with Crippen LogP contribution in [0.2, 0.25) is 0 Å². The predicted molar refractivity (Wildman–Crippen MR) is 80.6 cm³/mol. The van der Waals surface area contributed by atoms with Gasteiger partial charge in [-0.3, -0.25) is 0 Å². The lowest BCUT2D eigenvalue weighted by atomic mass is 10.1. The third-order valence-corrected chi connectivity index (χ3v) is 3.46. The van der Waals surface area contributed by atoms with Crippen molar-refractivity contribution in [2.24, 2.45) is 0 Å². The Kier molecular flexibility index (Phi) is 6.66. The molecule has 0 bridgehead atoms. The fourth-order valence-corrected chi connectivity index (χ4v) is 2.52. The van der Waals surface area contributed by atoms with Crippen LogP contribution in [0.1, 0.15) is 5.56 Å². The van der Waals surface area contributed by atoms with Crippen LogP contribution in [-0.2, 0) is 11.2 Å². The molecule has 0 spiro atoms. The summed E-state index contributed by atoms with van der Waals surface area (Å²) in [6.07, 6.45) is 0.167. The predicted octanol–water partition coefficient (Wildman–Crippen LogP) is 2.99. The van der Waals surface area contributed by atoms with Gasteiger partial charge in [-0.15, -0.1) is 0 Å². The van der Waals surface area contributed by atoms with Crippen LogP contribution in [0, 0.1) is 5.21 Å². The van der Waals surface area contributed by atoms with Crippen molar-refractivity contribution in [2.75, 3.05) is 21.0 Å². The molecule has 8 heteroatoms. The summed E-state index contributed by atoms with van der Waals surface area (Å²) in [4.78, 5) is 0. The summed E-state index contributed by atoms with van der Waals surface area (Å²) in [5.41, 5.74) is 1.16. The maximum atomic E-state index is 11.8. The first-order chi connectivity index (χ1) is 8.78. The molecule has 0 saturated heterocycles. The lowest BCUT2D eigenvalue weighted by Crippen LogP contribution is -3.02. The summed E-state index contributed by atoms with van der Waals surface area (Å²) in [7, 11) is 2.95. The van der Waals surface area contributed by atoms with Gasteiger partial charge in [-0.2, -0.15) is 0 Å². The highest BCUT2D eigenvalue weighted by atomic mass is 79.9. The molecule has 1 atom stereocenters. The van der Waals surface area contributed by atoms with Gasteiger partial charge in [-0.1, -0.05) is 50.7 Å². The number of benzene rings is 1. The second-order valence-electron chi connectivity index (χ2n) is 3.79. The van der Waals surface area contributed by atoms with Crippen LogP contribution < -0.4 is 9.80 Å². The zero-order chi connectivity index (χ0) is 14.6. The van der Waals surface area contributed by atoms with Crippen LogP contribution in [0.25, 0.3) is 0 Å². The number of hydrogen-bond acceptors (Lipinski definition) is 3. The lowest BCUT2D eigenvalue weighted by Gasteiger charge is -2.23. The first kappa shape index (κ1) is 17.3. The molecule has 4 nitrogen and oxygen atoms in total. The summed E-state index contributed by atoms with van der Waals surface area (Å²) in [5.74, 6) is 0.486. The Hall–Kier alpha value is 0.250. The van der Waals surface area contributed by atoms with E-state index in [0.717, 1.165) is 0 Å². The number of halogens is 4. The van der Waals surface area contributed by atoms with Gasteiger partial charge < -0.3 is 19.7 Å². The number of hydroxylamine groups is 1. The second-order valence-corrected chi connectivity index (χ2v) is 7.16. The average molecular weight is 393 g/mol. The number of ether oxygens (including phenoxy) is 2. The summed E-state index contributed by atoms with van der Waals surface area (Å²) in [5, 5.41) is 11.6. The van der Waals surface area contributed by atoms with Gasteiger partial charge in [0.2, 0.25) is 0 Å². The molecule has 0 aromatic heterocycles. The van der Waals surface area contributed by atoms with Gasteiger partial charge in [0.05, 0.1) is 7.11 Å². The average Bonchev–Trinajstić information content (AvgIpc) is 2.30. The van der Waals surface area contributed by atoms with Gasteiger partial charge in [0, 0.05) is 35.7 Å². The van der Waals surface area contributed by atoms with Crippen molar-refractivity contribution in [2.45, 2.75) is 10.2 Å². The first-order valence-electron chi connectivity index (χ1n) is 5.23. The molecule has 0 aliphatic heterocycles. The molecule has 1 rings (SSSR count). The van der Waals surface area contributed by atoms with Gasteiger partial charge in [-0.05, 0) is 0 Å². The van der Waals surface area contributed by atoms with E-state index < -0.39 is 3.79 Å². The molecule has 0 fully saturated rings. The van der Waals surface area contributed by atoms with E-state index in [1.165, 1.54) is 14.2 Å². The van der Waals surface area contributed by atoms with E-state index in [4.69, 9.17) is 44.3 Å². The van der Waals surface area contributed by atoms with E-state index >= 15 is 0 Å². The Morgan fingerprint density at radius 1 is 1.32 bits per heavy atom. The Bertz CT molecular complexity index is 440. The van der Waals surface area contributed by atoms with Gasteiger partial charge >= 0.3 is 0 Å². The molecule has 108 valence electrons. The molecular formula is C11H13BrCl3NO3. The van der Waals surface area contributed by atoms with E-state index in [-0.39, 0.29) is 18.2 Å². The molecule has 19 heavy (non-hydrogen) atoms. The minimum absolute atomic E-state index is 0.000598. The maximum absolute atomic E-state index is 11.8. The van der Waals surface area contributed by atoms with Crippen LogP contribution in [0.3, 0.4) is 0 Å². The highest BCUT2D eigenvalue weighted by Gasteiger charge is 2.25. The summed E-state index contributed by atoms with van der Waals surface area (Å²) in [6.45, 7) is -0.000598. The Labute approximate surface area is 135 Å². The van der Waals surface area contributed by atoms with Gasteiger partial charge in [-0.25, -0.2) is 0 Å². The number of quaternary nitrogens is 1. The number of rotatable bonds is 5. The molecule has 1 aromatic rings. The second kappa shape index (κ2) is 7.31. The van der Waals surface area contributed by atoms with Crippen molar-refractivity contribution in [3.05, 3.63) is 27.4 Å². The molecule has 0 heterocycles. The first-order valence-corrected chi connectivity index (χ1v) is 7.16. The topological polar surface area (TPSA) is 46.0 Å². The van der Waals surface area contributed by atoms with Crippen LogP contribution in [0.4, 0.5) is 5.69 Å². The zero-order valence-corrected chi connectivity index (χ0v) is 14.2. The largest absolute Gasteiger partial charge is 0.627 e. The van der Waals surface area contributed by atoms with Crippen LogP contribution >= 0.6 is 50.7 Å². The zero-order valence-electron chi connectivity index (χ0n) is 10.3. The minimum Gasteiger partial charge on any atom is -0.627 e. The van der Waals surface area contributed by atoms with E-state index in [2.05, 4.69) is 15.9 Å². The summed E-state index contributed by atoms with van der Waals surface area (Å²) >= 11 is 20.7. The fourth-order valence-electron chi connectivity index (χ4n) is 1.54. The highest BCUT2D eigenvalue weighted by molar-refractivity contribution is 9.10.